The average Bonchev–Trinajstić information content (AvgIpc) is 2.83. The lowest BCUT2D eigenvalue weighted by Crippen LogP contribution is -2.30. The van der Waals surface area contributed by atoms with E-state index in [0.717, 1.165) is 16.6 Å². The molecule has 2 aromatic heterocycles. The number of hydrazine groups is 1. The maximum atomic E-state index is 4.36. The van der Waals surface area contributed by atoms with Gasteiger partial charge in [-0.15, -0.1) is 0 Å². The van der Waals surface area contributed by atoms with E-state index in [-0.39, 0.29) is 0 Å². The van der Waals surface area contributed by atoms with Crippen LogP contribution < -0.4 is 5.43 Å². The monoisotopic (exact) mass is 215 g/mol. The summed E-state index contributed by atoms with van der Waals surface area (Å²) in [6.07, 6.45) is 5.71. The number of hydrogen-bond acceptors (Lipinski definition) is 4. The van der Waals surface area contributed by atoms with Crippen molar-refractivity contribution in [2.24, 2.45) is 0 Å². The van der Waals surface area contributed by atoms with Crippen LogP contribution in [0, 0.1) is 0 Å². The van der Waals surface area contributed by atoms with Gasteiger partial charge in [0.2, 0.25) is 0 Å². The number of rotatable bonds is 1. The highest BCUT2D eigenvalue weighted by molar-refractivity contribution is 5.80. The van der Waals surface area contributed by atoms with E-state index in [1.807, 2.05) is 18.3 Å². The van der Waals surface area contributed by atoms with Crippen molar-refractivity contribution in [2.75, 3.05) is 7.05 Å². The molecule has 16 heavy (non-hydrogen) atoms. The second-order valence-corrected chi connectivity index (χ2v) is 4.07. The number of fused-ring (bicyclic) bond motifs is 1. The highest BCUT2D eigenvalue weighted by Crippen LogP contribution is 2.24. The third kappa shape index (κ3) is 1.37. The van der Waals surface area contributed by atoms with Gasteiger partial charge >= 0.3 is 0 Å². The maximum Gasteiger partial charge on any atom is 0.108 e. The molecule has 0 amide bonds. The zero-order chi connectivity index (χ0) is 11.1. The zero-order valence-corrected chi connectivity index (χ0v) is 9.23. The van der Waals surface area contributed by atoms with Crippen molar-refractivity contribution >= 4 is 16.6 Å². The molecule has 0 fully saturated rings. The second-order valence-electron chi connectivity index (χ2n) is 4.07. The standard InChI is InChI=1S/C11H13N5/c1-7-9(6-16(2)15-7)8-3-10-11(12-4-8)5-13-14-10/h3-7,15H,1-2H3,(H,13,14). The van der Waals surface area contributed by atoms with Crippen molar-refractivity contribution in [3.63, 3.8) is 0 Å². The molecular weight excluding hydrogens is 202 g/mol. The maximum absolute atomic E-state index is 4.36. The van der Waals surface area contributed by atoms with Crippen LogP contribution in [-0.2, 0) is 0 Å². The van der Waals surface area contributed by atoms with Gasteiger partial charge in [-0.3, -0.25) is 10.1 Å². The lowest BCUT2D eigenvalue weighted by atomic mass is 10.0. The lowest BCUT2D eigenvalue weighted by Gasteiger charge is -2.11. The topological polar surface area (TPSA) is 56.8 Å². The predicted molar refractivity (Wildman–Crippen MR) is 62.2 cm³/mol. The first-order valence-corrected chi connectivity index (χ1v) is 5.24. The highest BCUT2D eigenvalue weighted by atomic mass is 15.5. The Balaban J connectivity index is 2.08. The fourth-order valence-electron chi connectivity index (χ4n) is 2.05. The summed E-state index contributed by atoms with van der Waals surface area (Å²) in [7, 11) is 1.99. The molecule has 2 aromatic rings. The molecular formula is C11H13N5. The Kier molecular flexibility index (Phi) is 1.94. The summed E-state index contributed by atoms with van der Waals surface area (Å²) in [4.78, 5) is 4.36. The first-order valence-electron chi connectivity index (χ1n) is 5.24. The number of nitrogens with zero attached hydrogens (tertiary/aromatic N) is 3. The van der Waals surface area contributed by atoms with E-state index in [1.165, 1.54) is 5.57 Å². The van der Waals surface area contributed by atoms with E-state index in [0.29, 0.717) is 6.04 Å². The van der Waals surface area contributed by atoms with E-state index >= 15 is 0 Å². The van der Waals surface area contributed by atoms with E-state index in [9.17, 15) is 0 Å². The molecule has 0 saturated carbocycles. The molecule has 1 atom stereocenters. The summed E-state index contributed by atoms with van der Waals surface area (Å²) in [5.74, 6) is 0. The molecule has 0 aromatic carbocycles. The van der Waals surface area contributed by atoms with Crippen molar-refractivity contribution in [3.05, 3.63) is 30.2 Å². The van der Waals surface area contributed by atoms with Crippen LogP contribution in [0.25, 0.3) is 16.6 Å². The molecule has 1 aliphatic heterocycles. The van der Waals surface area contributed by atoms with Crippen LogP contribution >= 0.6 is 0 Å². The molecule has 0 radical (unpaired) electrons. The minimum Gasteiger partial charge on any atom is -0.318 e. The lowest BCUT2D eigenvalue weighted by molar-refractivity contribution is 0.340. The number of aromatic nitrogens is 3. The fraction of sp³-hybridized carbons (Fsp3) is 0.273. The van der Waals surface area contributed by atoms with Gasteiger partial charge in [-0.1, -0.05) is 0 Å². The molecule has 0 aliphatic carbocycles. The summed E-state index contributed by atoms with van der Waals surface area (Å²) in [6, 6.07) is 2.39. The van der Waals surface area contributed by atoms with Crippen LogP contribution in [0.4, 0.5) is 0 Å². The Morgan fingerprint density at radius 3 is 3.00 bits per heavy atom. The molecule has 5 heteroatoms. The predicted octanol–water partition coefficient (Wildman–Crippen LogP) is 1.14. The van der Waals surface area contributed by atoms with Crippen molar-refractivity contribution in [1.82, 2.24) is 25.6 Å². The normalized spacial score (nSPS) is 20.5. The Morgan fingerprint density at radius 1 is 1.38 bits per heavy atom. The van der Waals surface area contributed by atoms with E-state index < -0.39 is 0 Å². The van der Waals surface area contributed by atoms with Crippen molar-refractivity contribution < 1.29 is 0 Å². The van der Waals surface area contributed by atoms with Gasteiger partial charge in [0.15, 0.2) is 0 Å². The quantitative estimate of drug-likeness (QED) is 0.749. The summed E-state index contributed by atoms with van der Waals surface area (Å²) in [5.41, 5.74) is 7.53. The Bertz CT molecular complexity index is 556. The number of aromatic amines is 1. The summed E-state index contributed by atoms with van der Waals surface area (Å²) >= 11 is 0. The molecule has 3 rings (SSSR count). The fourth-order valence-corrected chi connectivity index (χ4v) is 2.05. The summed E-state index contributed by atoms with van der Waals surface area (Å²) in [5, 5.41) is 8.88. The van der Waals surface area contributed by atoms with Gasteiger partial charge in [-0.05, 0) is 18.6 Å². The average molecular weight is 215 g/mol. The van der Waals surface area contributed by atoms with Crippen LogP contribution in [-0.4, -0.2) is 33.3 Å². The van der Waals surface area contributed by atoms with Crippen LogP contribution in [0.15, 0.2) is 24.7 Å². The Morgan fingerprint density at radius 2 is 2.25 bits per heavy atom. The molecule has 0 spiro atoms. The minimum atomic E-state index is 0.312. The smallest absolute Gasteiger partial charge is 0.108 e. The van der Waals surface area contributed by atoms with Gasteiger partial charge in [-0.25, -0.2) is 5.43 Å². The van der Waals surface area contributed by atoms with E-state index in [4.69, 9.17) is 0 Å². The van der Waals surface area contributed by atoms with E-state index in [2.05, 4.69) is 39.8 Å². The van der Waals surface area contributed by atoms with Gasteiger partial charge in [-0.2, -0.15) is 5.10 Å². The van der Waals surface area contributed by atoms with Crippen molar-refractivity contribution in [3.8, 4) is 0 Å². The van der Waals surface area contributed by atoms with Gasteiger partial charge in [0.25, 0.3) is 0 Å². The first-order chi connectivity index (χ1) is 7.74. The van der Waals surface area contributed by atoms with Crippen molar-refractivity contribution in [1.29, 1.82) is 0 Å². The number of pyridine rings is 1. The van der Waals surface area contributed by atoms with Crippen molar-refractivity contribution in [2.45, 2.75) is 13.0 Å². The molecule has 0 bridgehead atoms. The molecule has 0 saturated heterocycles. The highest BCUT2D eigenvalue weighted by Gasteiger charge is 2.19. The molecule has 5 nitrogen and oxygen atoms in total. The second kappa shape index (κ2) is 3.31. The molecule has 1 aliphatic rings. The third-order valence-corrected chi connectivity index (χ3v) is 2.82. The SMILES string of the molecule is CC1NN(C)C=C1c1cnc2cn[nH]c2c1. The molecule has 3 heterocycles. The zero-order valence-electron chi connectivity index (χ0n) is 9.23. The van der Waals surface area contributed by atoms with Gasteiger partial charge in [0.05, 0.1) is 17.8 Å². The van der Waals surface area contributed by atoms with Gasteiger partial charge < -0.3 is 5.01 Å². The van der Waals surface area contributed by atoms with Crippen LogP contribution in [0.5, 0.6) is 0 Å². The molecule has 2 N–H and O–H groups in total. The largest absolute Gasteiger partial charge is 0.318 e. The first kappa shape index (κ1) is 9.35. The van der Waals surface area contributed by atoms with Crippen LogP contribution in [0.2, 0.25) is 0 Å². The van der Waals surface area contributed by atoms with E-state index in [1.54, 1.807) is 6.20 Å². The number of nitrogens with one attached hydrogen (secondary N) is 2. The summed E-state index contributed by atoms with van der Waals surface area (Å²) in [6.45, 7) is 2.13. The number of H-pyrrole nitrogens is 1. The minimum absolute atomic E-state index is 0.312. The summed E-state index contributed by atoms with van der Waals surface area (Å²) < 4.78 is 0. The molecule has 82 valence electrons. The number of hydrogen-bond donors (Lipinski definition) is 2. The Hall–Kier alpha value is -1.88. The van der Waals surface area contributed by atoms with Crippen LogP contribution in [0.3, 0.4) is 0 Å². The van der Waals surface area contributed by atoms with Gasteiger partial charge in [0, 0.05) is 25.0 Å². The van der Waals surface area contributed by atoms with Gasteiger partial charge in [0.1, 0.15) is 5.52 Å². The molecule has 1 unspecified atom stereocenters. The van der Waals surface area contributed by atoms with Crippen LogP contribution in [0.1, 0.15) is 12.5 Å². The Labute approximate surface area is 93.1 Å². The third-order valence-electron chi connectivity index (χ3n) is 2.82.